The first-order valence-corrected chi connectivity index (χ1v) is 9.40. The van der Waals surface area contributed by atoms with Gasteiger partial charge in [-0.15, -0.1) is 0 Å². The zero-order chi connectivity index (χ0) is 15.8. The van der Waals surface area contributed by atoms with Crippen molar-refractivity contribution >= 4 is 36.5 Å². The molecule has 1 unspecified atom stereocenters. The lowest BCUT2D eigenvalue weighted by molar-refractivity contribution is 0.419. The van der Waals surface area contributed by atoms with Crippen LogP contribution in [0.15, 0.2) is 36.4 Å². The monoisotopic (exact) mass is 370 g/mol. The van der Waals surface area contributed by atoms with Crippen LogP contribution in [0.2, 0.25) is 0 Å². The van der Waals surface area contributed by atoms with Gasteiger partial charge in [-0.25, -0.2) is 8.42 Å². The van der Waals surface area contributed by atoms with E-state index in [9.17, 15) is 8.42 Å². The third-order valence-electron chi connectivity index (χ3n) is 3.98. The Balaban J connectivity index is 2.69. The maximum atomic E-state index is 12.1. The summed E-state index contributed by atoms with van der Waals surface area (Å²) >= 11 is 3.59. The molecule has 21 heavy (non-hydrogen) atoms. The minimum atomic E-state index is -3.21. The second-order valence-corrected chi connectivity index (χ2v) is 9.15. The fraction of sp³-hybridized carbons (Fsp3) is 0.375. The van der Waals surface area contributed by atoms with Crippen molar-refractivity contribution < 1.29 is 13.2 Å². The molecule has 0 heterocycles. The molecule has 0 aliphatic heterocycles. The van der Waals surface area contributed by atoms with Gasteiger partial charge < -0.3 is 4.74 Å². The maximum Gasteiger partial charge on any atom is 0.154 e. The van der Waals surface area contributed by atoms with E-state index >= 15 is 0 Å². The Labute approximate surface area is 134 Å². The van der Waals surface area contributed by atoms with E-state index in [4.69, 9.17) is 4.74 Å². The van der Waals surface area contributed by atoms with Gasteiger partial charge >= 0.3 is 0 Å². The zero-order valence-electron chi connectivity index (χ0n) is 12.6. The highest BCUT2D eigenvalue weighted by Crippen LogP contribution is 2.43. The molecule has 2 aromatic rings. The van der Waals surface area contributed by atoms with Gasteiger partial charge in [-0.2, -0.15) is 0 Å². The highest BCUT2D eigenvalue weighted by atomic mass is 79.9. The van der Waals surface area contributed by atoms with E-state index in [1.807, 2.05) is 36.4 Å². The molecular formula is C16H19BrO3S. The smallest absolute Gasteiger partial charge is 0.154 e. The van der Waals surface area contributed by atoms with Gasteiger partial charge in [0, 0.05) is 11.6 Å². The predicted molar refractivity (Wildman–Crippen MR) is 91.1 cm³/mol. The predicted octanol–water partition coefficient (Wildman–Crippen LogP) is 4.11. The summed E-state index contributed by atoms with van der Waals surface area (Å²) in [5.41, 5.74) is 0.946. The van der Waals surface area contributed by atoms with Crippen LogP contribution >= 0.6 is 15.9 Å². The highest BCUT2D eigenvalue weighted by molar-refractivity contribution is 9.09. The quantitative estimate of drug-likeness (QED) is 0.760. The number of alkyl halides is 1. The minimum Gasteiger partial charge on any atom is -0.496 e. The molecule has 2 rings (SSSR count). The van der Waals surface area contributed by atoms with E-state index in [-0.39, 0.29) is 4.83 Å². The summed E-state index contributed by atoms with van der Waals surface area (Å²) in [5.74, 6) is 0.784. The van der Waals surface area contributed by atoms with E-state index in [0.29, 0.717) is 0 Å². The lowest BCUT2D eigenvalue weighted by atomic mass is 9.95. The number of sulfone groups is 1. The Bertz CT molecular complexity index is 766. The first-order valence-electron chi connectivity index (χ1n) is 6.59. The lowest BCUT2D eigenvalue weighted by Gasteiger charge is -2.29. The van der Waals surface area contributed by atoms with Gasteiger partial charge in [0.15, 0.2) is 9.84 Å². The van der Waals surface area contributed by atoms with E-state index in [0.717, 1.165) is 22.1 Å². The number of hydrogen-bond acceptors (Lipinski definition) is 3. The molecule has 3 nitrogen and oxygen atoms in total. The molecule has 5 heteroatoms. The summed E-state index contributed by atoms with van der Waals surface area (Å²) in [4.78, 5) is -0.309. The maximum absolute atomic E-state index is 12.1. The summed E-state index contributed by atoms with van der Waals surface area (Å²) < 4.78 is 28.6. The van der Waals surface area contributed by atoms with Gasteiger partial charge in [-0.1, -0.05) is 46.3 Å². The molecule has 0 N–H and O–H groups in total. The van der Waals surface area contributed by atoms with Crippen molar-refractivity contribution in [2.45, 2.75) is 23.4 Å². The van der Waals surface area contributed by atoms with Gasteiger partial charge in [-0.3, -0.25) is 0 Å². The van der Waals surface area contributed by atoms with Crippen LogP contribution in [0.4, 0.5) is 0 Å². The van der Waals surface area contributed by atoms with E-state index < -0.39 is 14.6 Å². The average molecular weight is 371 g/mol. The van der Waals surface area contributed by atoms with Crippen molar-refractivity contribution in [1.82, 2.24) is 0 Å². The van der Waals surface area contributed by atoms with Gasteiger partial charge in [0.25, 0.3) is 0 Å². The molecule has 0 aromatic heterocycles. The van der Waals surface area contributed by atoms with Crippen LogP contribution in [0.5, 0.6) is 5.75 Å². The standard InChI is InChI=1S/C16H19BrO3S/c1-16(2,21(4,18)19)15(17)13-9-10-14(20-3)12-8-6-5-7-11(12)13/h5-10,15H,1-4H3. The largest absolute Gasteiger partial charge is 0.496 e. The summed E-state index contributed by atoms with van der Waals surface area (Å²) in [6, 6.07) is 11.7. The summed E-state index contributed by atoms with van der Waals surface area (Å²) in [6.07, 6.45) is 1.27. The molecule has 0 radical (unpaired) electrons. The molecule has 1 atom stereocenters. The van der Waals surface area contributed by atoms with Gasteiger partial charge in [0.2, 0.25) is 0 Å². The molecule has 0 spiro atoms. The van der Waals surface area contributed by atoms with Crippen molar-refractivity contribution in [1.29, 1.82) is 0 Å². The molecule has 0 aliphatic carbocycles. The number of benzene rings is 2. The molecule has 0 aliphatic rings. The van der Waals surface area contributed by atoms with Gasteiger partial charge in [0.1, 0.15) is 5.75 Å². The number of rotatable bonds is 4. The third-order valence-corrected chi connectivity index (χ3v) is 8.06. The second kappa shape index (κ2) is 5.61. The Kier molecular flexibility index (Phi) is 4.36. The van der Waals surface area contributed by atoms with Crippen molar-refractivity contribution in [3.05, 3.63) is 42.0 Å². The molecule has 0 saturated heterocycles. The molecule has 114 valence electrons. The van der Waals surface area contributed by atoms with Crippen molar-refractivity contribution in [3.63, 3.8) is 0 Å². The van der Waals surface area contributed by atoms with Crippen molar-refractivity contribution in [2.75, 3.05) is 13.4 Å². The highest BCUT2D eigenvalue weighted by Gasteiger charge is 2.39. The Morgan fingerprint density at radius 1 is 1.10 bits per heavy atom. The second-order valence-electron chi connectivity index (χ2n) is 5.64. The van der Waals surface area contributed by atoms with Crippen LogP contribution in [0, 0.1) is 0 Å². The number of halogens is 1. The molecular weight excluding hydrogens is 352 g/mol. The molecule has 0 bridgehead atoms. The number of methoxy groups -OCH3 is 1. The lowest BCUT2D eigenvalue weighted by Crippen LogP contribution is -2.35. The van der Waals surface area contributed by atoms with Crippen LogP contribution in [0.25, 0.3) is 10.8 Å². The van der Waals surface area contributed by atoms with Crippen LogP contribution in [0.3, 0.4) is 0 Å². The fourth-order valence-electron chi connectivity index (χ4n) is 2.26. The van der Waals surface area contributed by atoms with Crippen LogP contribution < -0.4 is 4.74 Å². The van der Waals surface area contributed by atoms with Crippen molar-refractivity contribution in [3.8, 4) is 5.75 Å². The first kappa shape index (κ1) is 16.3. The van der Waals surface area contributed by atoms with E-state index in [1.54, 1.807) is 21.0 Å². The topological polar surface area (TPSA) is 43.4 Å². The first-order chi connectivity index (χ1) is 9.70. The van der Waals surface area contributed by atoms with E-state index in [2.05, 4.69) is 15.9 Å². The fourth-order valence-corrected chi connectivity index (χ4v) is 4.18. The van der Waals surface area contributed by atoms with Crippen molar-refractivity contribution in [2.24, 2.45) is 0 Å². The van der Waals surface area contributed by atoms with Gasteiger partial charge in [0.05, 0.1) is 16.7 Å². The minimum absolute atomic E-state index is 0.309. The normalized spacial score (nSPS) is 14.1. The SMILES string of the molecule is COc1ccc(C(Br)C(C)(C)S(C)(=O)=O)c2ccccc12. The summed E-state index contributed by atoms with van der Waals surface area (Å²) in [7, 11) is -1.58. The van der Waals surface area contributed by atoms with E-state index in [1.165, 1.54) is 6.26 Å². The van der Waals surface area contributed by atoms with Crippen LogP contribution in [-0.2, 0) is 9.84 Å². The summed E-state index contributed by atoms with van der Waals surface area (Å²) in [5, 5.41) is 1.97. The summed E-state index contributed by atoms with van der Waals surface area (Å²) in [6.45, 7) is 3.47. The Hall–Kier alpha value is -1.07. The molecule has 2 aromatic carbocycles. The number of hydrogen-bond donors (Lipinski definition) is 0. The average Bonchev–Trinajstić information content (AvgIpc) is 2.44. The Morgan fingerprint density at radius 3 is 2.19 bits per heavy atom. The molecule has 0 fully saturated rings. The van der Waals surface area contributed by atoms with Crippen LogP contribution in [0.1, 0.15) is 24.2 Å². The number of ether oxygens (including phenoxy) is 1. The van der Waals surface area contributed by atoms with Crippen LogP contribution in [-0.4, -0.2) is 26.5 Å². The third kappa shape index (κ3) is 2.81. The molecule has 0 amide bonds. The Morgan fingerprint density at radius 2 is 1.67 bits per heavy atom. The zero-order valence-corrected chi connectivity index (χ0v) is 15.0. The van der Waals surface area contributed by atoms with Gasteiger partial charge in [-0.05, 0) is 30.9 Å². The molecule has 0 saturated carbocycles. The number of fused-ring (bicyclic) bond motifs is 1.